The van der Waals surface area contributed by atoms with Crippen LogP contribution in [0.1, 0.15) is 24.4 Å². The summed E-state index contributed by atoms with van der Waals surface area (Å²) in [6, 6.07) is 5.67. The van der Waals surface area contributed by atoms with E-state index in [4.69, 9.17) is 9.47 Å². The van der Waals surface area contributed by atoms with Gasteiger partial charge in [-0.2, -0.15) is 0 Å². The summed E-state index contributed by atoms with van der Waals surface area (Å²) in [6.45, 7) is 2.00. The molecule has 1 aromatic heterocycles. The van der Waals surface area contributed by atoms with Crippen molar-refractivity contribution in [2.24, 2.45) is 0 Å². The number of ether oxygens (including phenoxy) is 2. The highest BCUT2D eigenvalue weighted by atomic mass is 16.5. The van der Waals surface area contributed by atoms with E-state index < -0.39 is 0 Å². The Labute approximate surface area is 147 Å². The molecule has 2 aromatic rings. The van der Waals surface area contributed by atoms with Crippen molar-refractivity contribution in [1.29, 1.82) is 0 Å². The van der Waals surface area contributed by atoms with Gasteiger partial charge in [-0.15, -0.1) is 0 Å². The Hall–Kier alpha value is -2.70. The van der Waals surface area contributed by atoms with Crippen molar-refractivity contribution in [3.05, 3.63) is 42.5 Å². The van der Waals surface area contributed by atoms with Crippen LogP contribution in [0, 0.1) is 0 Å². The van der Waals surface area contributed by atoms with Gasteiger partial charge >= 0.3 is 6.03 Å². The van der Waals surface area contributed by atoms with Crippen LogP contribution in [0.2, 0.25) is 0 Å². The Balaban J connectivity index is 1.68. The fourth-order valence-corrected chi connectivity index (χ4v) is 3.25. The lowest BCUT2D eigenvalue weighted by molar-refractivity contribution is 0.191. The van der Waals surface area contributed by atoms with Gasteiger partial charge in [0, 0.05) is 37.6 Å². The smallest absolute Gasteiger partial charge is 0.317 e. The second-order valence-electron chi connectivity index (χ2n) is 5.99. The first-order valence-electron chi connectivity index (χ1n) is 8.45. The van der Waals surface area contributed by atoms with E-state index in [9.17, 15) is 4.79 Å². The summed E-state index contributed by atoms with van der Waals surface area (Å²) in [5, 5.41) is 3.00. The van der Waals surface area contributed by atoms with Crippen LogP contribution < -0.4 is 14.8 Å². The number of likely N-dealkylation sites (tertiary alicyclic amines) is 1. The van der Waals surface area contributed by atoms with Crippen LogP contribution in [0.15, 0.2) is 36.9 Å². The summed E-state index contributed by atoms with van der Waals surface area (Å²) in [6.07, 6.45) is 7.24. The number of urea groups is 1. The summed E-state index contributed by atoms with van der Waals surface area (Å²) in [5.41, 5.74) is 0.990. The average molecular weight is 344 g/mol. The van der Waals surface area contributed by atoms with E-state index in [1.165, 1.54) is 0 Å². The molecular formula is C18H24N4O3. The molecule has 2 amide bonds. The number of carbonyl (C=O) groups is 1. The number of hydrogen-bond donors (Lipinski definition) is 1. The molecule has 1 fully saturated rings. The fraction of sp³-hybridized carbons (Fsp3) is 0.444. The molecule has 1 saturated heterocycles. The average Bonchev–Trinajstić information content (AvgIpc) is 3.32. The molecule has 0 spiro atoms. The van der Waals surface area contributed by atoms with Crippen molar-refractivity contribution in [3.63, 3.8) is 0 Å². The van der Waals surface area contributed by atoms with Crippen LogP contribution in [0.3, 0.4) is 0 Å². The lowest BCUT2D eigenvalue weighted by atomic mass is 10.0. The van der Waals surface area contributed by atoms with E-state index in [0.717, 1.165) is 36.4 Å². The van der Waals surface area contributed by atoms with Crippen LogP contribution >= 0.6 is 0 Å². The summed E-state index contributed by atoms with van der Waals surface area (Å²) < 4.78 is 12.8. The second-order valence-corrected chi connectivity index (χ2v) is 5.99. The van der Waals surface area contributed by atoms with Gasteiger partial charge in [-0.25, -0.2) is 9.78 Å². The molecule has 134 valence electrons. The van der Waals surface area contributed by atoms with Gasteiger partial charge in [-0.1, -0.05) is 0 Å². The molecule has 0 bridgehead atoms. The first kappa shape index (κ1) is 17.1. The van der Waals surface area contributed by atoms with Crippen LogP contribution in [0.5, 0.6) is 11.5 Å². The minimum atomic E-state index is -0.0486. The highest BCUT2D eigenvalue weighted by molar-refractivity contribution is 5.75. The maximum Gasteiger partial charge on any atom is 0.317 e. The Morgan fingerprint density at radius 1 is 1.36 bits per heavy atom. The number of rotatable bonds is 6. The third-order valence-corrected chi connectivity index (χ3v) is 4.51. The SMILES string of the molecule is COc1ccc(OC)c(C2CCCN2C(=O)NCCn2ccnc2)c1. The number of methoxy groups -OCH3 is 2. The number of amides is 2. The van der Waals surface area contributed by atoms with Crippen molar-refractivity contribution in [2.75, 3.05) is 27.3 Å². The molecule has 2 heterocycles. The number of imidazole rings is 1. The van der Waals surface area contributed by atoms with Gasteiger partial charge in [0.15, 0.2) is 0 Å². The van der Waals surface area contributed by atoms with Gasteiger partial charge in [-0.3, -0.25) is 0 Å². The molecule has 0 radical (unpaired) electrons. The minimum Gasteiger partial charge on any atom is -0.497 e. The first-order valence-corrected chi connectivity index (χ1v) is 8.45. The molecule has 0 aliphatic carbocycles. The highest BCUT2D eigenvalue weighted by Crippen LogP contribution is 2.38. The molecule has 1 aliphatic heterocycles. The zero-order valence-corrected chi connectivity index (χ0v) is 14.6. The van der Waals surface area contributed by atoms with Crippen molar-refractivity contribution in [3.8, 4) is 11.5 Å². The number of aromatic nitrogens is 2. The van der Waals surface area contributed by atoms with Crippen molar-refractivity contribution in [1.82, 2.24) is 19.8 Å². The van der Waals surface area contributed by atoms with E-state index in [1.807, 2.05) is 33.9 Å². The van der Waals surface area contributed by atoms with Gasteiger partial charge in [0.05, 0.1) is 26.6 Å². The van der Waals surface area contributed by atoms with Crippen LogP contribution in [-0.2, 0) is 6.54 Å². The van der Waals surface area contributed by atoms with E-state index in [-0.39, 0.29) is 12.1 Å². The molecule has 1 aliphatic rings. The third kappa shape index (κ3) is 3.87. The Morgan fingerprint density at radius 3 is 2.96 bits per heavy atom. The topological polar surface area (TPSA) is 68.6 Å². The van der Waals surface area contributed by atoms with Crippen molar-refractivity contribution in [2.45, 2.75) is 25.4 Å². The third-order valence-electron chi connectivity index (χ3n) is 4.51. The Bertz CT molecular complexity index is 702. The van der Waals surface area contributed by atoms with E-state index >= 15 is 0 Å². The fourth-order valence-electron chi connectivity index (χ4n) is 3.25. The van der Waals surface area contributed by atoms with Gasteiger partial charge in [0.1, 0.15) is 11.5 Å². The largest absolute Gasteiger partial charge is 0.497 e. The van der Waals surface area contributed by atoms with Crippen LogP contribution in [0.25, 0.3) is 0 Å². The predicted octanol–water partition coefficient (Wildman–Crippen LogP) is 2.45. The molecule has 1 unspecified atom stereocenters. The zero-order valence-electron chi connectivity index (χ0n) is 14.6. The second kappa shape index (κ2) is 7.92. The maximum atomic E-state index is 12.6. The van der Waals surface area contributed by atoms with Crippen molar-refractivity contribution < 1.29 is 14.3 Å². The minimum absolute atomic E-state index is 0.00158. The molecule has 1 N–H and O–H groups in total. The lowest BCUT2D eigenvalue weighted by Crippen LogP contribution is -2.40. The molecule has 1 atom stereocenters. The lowest BCUT2D eigenvalue weighted by Gasteiger charge is -2.27. The molecule has 25 heavy (non-hydrogen) atoms. The highest BCUT2D eigenvalue weighted by Gasteiger charge is 2.32. The Morgan fingerprint density at radius 2 is 2.24 bits per heavy atom. The quantitative estimate of drug-likeness (QED) is 0.874. The number of carbonyl (C=O) groups excluding carboxylic acids is 1. The maximum absolute atomic E-state index is 12.6. The van der Waals surface area contributed by atoms with E-state index in [0.29, 0.717) is 13.1 Å². The standard InChI is InChI=1S/C18H24N4O3/c1-24-14-5-6-17(25-2)15(12-14)16-4-3-9-22(16)18(23)20-8-11-21-10-7-19-13-21/h5-7,10,12-13,16H,3-4,8-9,11H2,1-2H3,(H,20,23). The summed E-state index contributed by atoms with van der Waals surface area (Å²) in [4.78, 5) is 18.5. The Kier molecular flexibility index (Phi) is 5.42. The molecule has 3 rings (SSSR count). The van der Waals surface area contributed by atoms with E-state index in [1.54, 1.807) is 26.7 Å². The normalized spacial score (nSPS) is 16.7. The van der Waals surface area contributed by atoms with Crippen LogP contribution in [-0.4, -0.2) is 47.8 Å². The van der Waals surface area contributed by atoms with Crippen molar-refractivity contribution >= 4 is 6.03 Å². The summed E-state index contributed by atoms with van der Waals surface area (Å²) in [7, 11) is 3.29. The van der Waals surface area contributed by atoms with Gasteiger partial charge < -0.3 is 24.3 Å². The first-order chi connectivity index (χ1) is 12.2. The van der Waals surface area contributed by atoms with Crippen LogP contribution in [0.4, 0.5) is 4.79 Å². The summed E-state index contributed by atoms with van der Waals surface area (Å²) in [5.74, 6) is 1.55. The van der Waals surface area contributed by atoms with Gasteiger partial charge in [0.2, 0.25) is 0 Å². The monoisotopic (exact) mass is 344 g/mol. The number of nitrogens with zero attached hydrogens (tertiary/aromatic N) is 3. The zero-order chi connectivity index (χ0) is 17.6. The van der Waals surface area contributed by atoms with E-state index in [2.05, 4.69) is 10.3 Å². The number of hydrogen-bond acceptors (Lipinski definition) is 4. The summed E-state index contributed by atoms with van der Waals surface area (Å²) >= 11 is 0. The van der Waals surface area contributed by atoms with Gasteiger partial charge in [-0.05, 0) is 31.0 Å². The number of nitrogens with one attached hydrogen (secondary N) is 1. The molecule has 7 nitrogen and oxygen atoms in total. The molecule has 1 aromatic carbocycles. The molecular weight excluding hydrogens is 320 g/mol. The molecule has 0 saturated carbocycles. The number of benzene rings is 1. The molecule has 7 heteroatoms. The van der Waals surface area contributed by atoms with Gasteiger partial charge in [0.25, 0.3) is 0 Å². The predicted molar refractivity (Wildman–Crippen MR) is 93.9 cm³/mol.